The molecule has 0 amide bonds. The molecule has 2 rings (SSSR count). The van der Waals surface area contributed by atoms with E-state index in [9.17, 15) is 8.42 Å². The molecular formula is C15H20N2O2S2. The third kappa shape index (κ3) is 4.64. The Bertz CT molecular complexity index is 693. The van der Waals surface area contributed by atoms with Gasteiger partial charge in [0.1, 0.15) is 4.21 Å². The molecule has 114 valence electrons. The third-order valence-corrected chi connectivity index (χ3v) is 6.08. The van der Waals surface area contributed by atoms with Gasteiger partial charge in [-0.25, -0.2) is 13.1 Å². The molecule has 0 aliphatic rings. The zero-order valence-electron chi connectivity index (χ0n) is 12.2. The number of benzene rings is 1. The maximum absolute atomic E-state index is 12.2. The molecule has 1 aromatic heterocycles. The second-order valence-electron chi connectivity index (χ2n) is 4.89. The van der Waals surface area contributed by atoms with Crippen molar-refractivity contribution in [2.75, 3.05) is 13.6 Å². The molecule has 4 nitrogen and oxygen atoms in total. The summed E-state index contributed by atoms with van der Waals surface area (Å²) in [6.07, 6.45) is 0.690. The van der Waals surface area contributed by atoms with Crippen LogP contribution in [0, 0.1) is 6.92 Å². The smallest absolute Gasteiger partial charge is 0.250 e. The van der Waals surface area contributed by atoms with Gasteiger partial charge in [-0.1, -0.05) is 29.8 Å². The monoisotopic (exact) mass is 324 g/mol. The van der Waals surface area contributed by atoms with Crippen molar-refractivity contribution >= 4 is 21.4 Å². The number of thiophene rings is 1. The first-order valence-corrected chi connectivity index (χ1v) is 9.10. The highest BCUT2D eigenvalue weighted by molar-refractivity contribution is 7.91. The van der Waals surface area contributed by atoms with Gasteiger partial charge in [-0.2, -0.15) is 0 Å². The van der Waals surface area contributed by atoms with Crippen LogP contribution in [0.1, 0.15) is 16.0 Å². The lowest BCUT2D eigenvalue weighted by Gasteiger charge is -2.05. The highest BCUT2D eigenvalue weighted by Gasteiger charge is 2.15. The van der Waals surface area contributed by atoms with Gasteiger partial charge in [0.15, 0.2) is 0 Å². The van der Waals surface area contributed by atoms with Crippen LogP contribution >= 0.6 is 11.3 Å². The molecule has 0 saturated heterocycles. The van der Waals surface area contributed by atoms with Crippen LogP contribution in [0.25, 0.3) is 0 Å². The number of rotatable bonds is 7. The molecular weight excluding hydrogens is 304 g/mol. The second kappa shape index (κ2) is 7.17. The van der Waals surface area contributed by atoms with Gasteiger partial charge in [0.05, 0.1) is 0 Å². The molecule has 21 heavy (non-hydrogen) atoms. The van der Waals surface area contributed by atoms with E-state index in [0.29, 0.717) is 23.7 Å². The minimum atomic E-state index is -3.40. The van der Waals surface area contributed by atoms with E-state index in [-0.39, 0.29) is 0 Å². The normalized spacial score (nSPS) is 11.7. The van der Waals surface area contributed by atoms with E-state index < -0.39 is 10.0 Å². The lowest BCUT2D eigenvalue weighted by molar-refractivity contribution is 0.584. The average molecular weight is 324 g/mol. The Morgan fingerprint density at radius 1 is 1.19 bits per heavy atom. The van der Waals surface area contributed by atoms with E-state index in [1.807, 2.05) is 38.2 Å². The first-order chi connectivity index (χ1) is 10.0. The second-order valence-corrected chi connectivity index (χ2v) is 8.05. The van der Waals surface area contributed by atoms with Crippen molar-refractivity contribution in [1.29, 1.82) is 0 Å². The topological polar surface area (TPSA) is 58.2 Å². The highest BCUT2D eigenvalue weighted by Crippen LogP contribution is 2.21. The molecule has 0 bridgehead atoms. The van der Waals surface area contributed by atoms with Crippen molar-refractivity contribution in [1.82, 2.24) is 10.0 Å². The van der Waals surface area contributed by atoms with Crippen LogP contribution in [0.3, 0.4) is 0 Å². The van der Waals surface area contributed by atoms with Crippen LogP contribution in [0.4, 0.5) is 0 Å². The molecule has 2 N–H and O–H groups in total. The number of hydrogen-bond donors (Lipinski definition) is 2. The van der Waals surface area contributed by atoms with E-state index in [2.05, 4.69) is 16.1 Å². The molecule has 1 heterocycles. The number of sulfonamides is 1. The summed E-state index contributed by atoms with van der Waals surface area (Å²) in [7, 11) is -1.56. The summed E-state index contributed by atoms with van der Waals surface area (Å²) < 4.78 is 27.4. The average Bonchev–Trinajstić information content (AvgIpc) is 2.88. The zero-order chi connectivity index (χ0) is 15.3. The van der Waals surface area contributed by atoms with Crippen molar-refractivity contribution in [2.45, 2.75) is 24.1 Å². The summed E-state index contributed by atoms with van der Waals surface area (Å²) in [6.45, 7) is 3.12. The summed E-state index contributed by atoms with van der Waals surface area (Å²) in [5, 5.41) is 3.01. The fourth-order valence-electron chi connectivity index (χ4n) is 2.04. The Hall–Kier alpha value is -1.21. The Balaban J connectivity index is 1.94. The van der Waals surface area contributed by atoms with Crippen molar-refractivity contribution in [3.05, 3.63) is 52.4 Å². The number of nitrogens with one attached hydrogen (secondary N) is 2. The van der Waals surface area contributed by atoms with Crippen LogP contribution in [0.2, 0.25) is 0 Å². The predicted molar refractivity (Wildman–Crippen MR) is 87.2 cm³/mol. The summed E-state index contributed by atoms with van der Waals surface area (Å²) in [5.41, 5.74) is 2.32. The van der Waals surface area contributed by atoms with Gasteiger partial charge in [-0.05, 0) is 38.1 Å². The molecule has 0 atom stereocenters. The fourth-order valence-corrected chi connectivity index (χ4v) is 4.48. The van der Waals surface area contributed by atoms with Crippen molar-refractivity contribution < 1.29 is 8.42 Å². The number of hydrogen-bond acceptors (Lipinski definition) is 4. The van der Waals surface area contributed by atoms with Crippen molar-refractivity contribution in [2.24, 2.45) is 0 Å². The summed E-state index contributed by atoms with van der Waals surface area (Å²) in [5.74, 6) is 0. The molecule has 0 fully saturated rings. The molecule has 1 aromatic carbocycles. The minimum absolute atomic E-state index is 0.372. The van der Waals surface area contributed by atoms with Crippen molar-refractivity contribution in [3.8, 4) is 0 Å². The maximum Gasteiger partial charge on any atom is 0.250 e. The van der Waals surface area contributed by atoms with Gasteiger partial charge in [-0.3, -0.25) is 0 Å². The van der Waals surface area contributed by atoms with Gasteiger partial charge in [0.2, 0.25) is 10.0 Å². The molecule has 0 spiro atoms. The minimum Gasteiger partial charge on any atom is -0.315 e. The van der Waals surface area contributed by atoms with E-state index in [4.69, 9.17) is 0 Å². The fraction of sp³-hybridized carbons (Fsp3) is 0.333. The van der Waals surface area contributed by atoms with Gasteiger partial charge in [0, 0.05) is 18.0 Å². The molecule has 0 aliphatic heterocycles. The Morgan fingerprint density at radius 3 is 2.71 bits per heavy atom. The summed E-state index contributed by atoms with van der Waals surface area (Å²) >= 11 is 1.30. The van der Waals surface area contributed by atoms with Gasteiger partial charge < -0.3 is 5.32 Å². The van der Waals surface area contributed by atoms with Crippen LogP contribution < -0.4 is 10.0 Å². The van der Waals surface area contributed by atoms with Crippen LogP contribution in [-0.4, -0.2) is 22.0 Å². The van der Waals surface area contributed by atoms with Gasteiger partial charge >= 0.3 is 0 Å². The van der Waals surface area contributed by atoms with E-state index in [1.54, 1.807) is 6.07 Å². The van der Waals surface area contributed by atoms with Crippen molar-refractivity contribution in [3.63, 3.8) is 0 Å². The number of aryl methyl sites for hydroxylation is 1. The molecule has 2 aromatic rings. The van der Waals surface area contributed by atoms with Gasteiger partial charge in [-0.15, -0.1) is 11.3 Å². The Kier molecular flexibility index (Phi) is 5.52. The quantitative estimate of drug-likeness (QED) is 0.821. The molecule has 0 aliphatic carbocycles. The molecule has 6 heteroatoms. The highest BCUT2D eigenvalue weighted by atomic mass is 32.2. The lowest BCUT2D eigenvalue weighted by Crippen LogP contribution is -2.25. The standard InChI is InChI=1S/C15H20N2O2S2/c1-12-4-3-5-13(10-12)8-9-17-21(18,19)15-7-6-14(20-15)11-16-2/h3-7,10,16-17H,8-9,11H2,1-2H3. The first kappa shape index (κ1) is 16.2. The predicted octanol–water partition coefficient (Wildman–Crippen LogP) is 2.30. The lowest BCUT2D eigenvalue weighted by atomic mass is 10.1. The maximum atomic E-state index is 12.2. The van der Waals surface area contributed by atoms with E-state index >= 15 is 0 Å². The summed E-state index contributed by atoms with van der Waals surface area (Å²) in [4.78, 5) is 1.01. The molecule has 0 unspecified atom stereocenters. The molecule has 0 radical (unpaired) electrons. The Labute approximate surface area is 130 Å². The molecule has 0 saturated carbocycles. The van der Waals surface area contributed by atoms with Crippen LogP contribution in [0.15, 0.2) is 40.6 Å². The van der Waals surface area contributed by atoms with E-state index in [0.717, 1.165) is 10.4 Å². The van der Waals surface area contributed by atoms with Crippen LogP contribution in [0.5, 0.6) is 0 Å². The third-order valence-electron chi connectivity index (χ3n) is 3.04. The zero-order valence-corrected chi connectivity index (χ0v) is 13.9. The van der Waals surface area contributed by atoms with Gasteiger partial charge in [0.25, 0.3) is 0 Å². The Morgan fingerprint density at radius 2 is 2.00 bits per heavy atom. The summed E-state index contributed by atoms with van der Waals surface area (Å²) in [6, 6.07) is 11.6. The first-order valence-electron chi connectivity index (χ1n) is 6.80. The van der Waals surface area contributed by atoms with Crippen LogP contribution in [-0.2, 0) is 23.0 Å². The van der Waals surface area contributed by atoms with E-state index in [1.165, 1.54) is 16.9 Å². The SMILES string of the molecule is CNCc1ccc(S(=O)(=O)NCCc2cccc(C)c2)s1. The largest absolute Gasteiger partial charge is 0.315 e.